The molecule has 20 heavy (non-hydrogen) atoms. The Morgan fingerprint density at radius 2 is 1.45 bits per heavy atom. The minimum Gasteiger partial charge on any atom is -0.378 e. The van der Waals surface area contributed by atoms with E-state index in [1.54, 1.807) is 0 Å². The van der Waals surface area contributed by atoms with Gasteiger partial charge in [-0.1, -0.05) is 15.9 Å². The van der Waals surface area contributed by atoms with E-state index in [-0.39, 0.29) is 6.04 Å². The third-order valence-corrected chi connectivity index (χ3v) is 3.70. The van der Waals surface area contributed by atoms with Crippen molar-refractivity contribution < 1.29 is 8.78 Å². The van der Waals surface area contributed by atoms with E-state index in [1.807, 2.05) is 32.9 Å². The molecule has 0 radical (unpaired) electrons. The predicted octanol–water partition coefficient (Wildman–Crippen LogP) is 5.52. The molecule has 0 aromatic heterocycles. The fourth-order valence-electron chi connectivity index (χ4n) is 2.26. The van der Waals surface area contributed by atoms with Crippen LogP contribution >= 0.6 is 15.9 Å². The average Bonchev–Trinajstić information content (AvgIpc) is 2.32. The topological polar surface area (TPSA) is 12.0 Å². The van der Waals surface area contributed by atoms with Crippen molar-refractivity contribution in [2.45, 2.75) is 26.8 Å². The van der Waals surface area contributed by atoms with Crippen molar-refractivity contribution in [1.29, 1.82) is 0 Å². The summed E-state index contributed by atoms with van der Waals surface area (Å²) < 4.78 is 27.5. The molecule has 106 valence electrons. The SMILES string of the molecule is Cc1cc(Br)cc(C)c1NC(C)c1cc(F)cc(F)c1. The number of aryl methyl sites for hydroxylation is 2. The Morgan fingerprint density at radius 1 is 0.950 bits per heavy atom. The first kappa shape index (κ1) is 15.0. The molecule has 1 unspecified atom stereocenters. The molecule has 0 heterocycles. The summed E-state index contributed by atoms with van der Waals surface area (Å²) in [6.45, 7) is 5.88. The highest BCUT2D eigenvalue weighted by atomic mass is 79.9. The summed E-state index contributed by atoms with van der Waals surface area (Å²) in [5.74, 6) is -1.11. The highest BCUT2D eigenvalue weighted by Crippen LogP contribution is 2.29. The van der Waals surface area contributed by atoms with Crippen molar-refractivity contribution in [3.8, 4) is 0 Å². The molecule has 0 aliphatic carbocycles. The maximum absolute atomic E-state index is 13.3. The quantitative estimate of drug-likeness (QED) is 0.776. The van der Waals surface area contributed by atoms with E-state index in [0.717, 1.165) is 27.4 Å². The van der Waals surface area contributed by atoms with Crippen LogP contribution in [-0.2, 0) is 0 Å². The van der Waals surface area contributed by atoms with E-state index in [0.29, 0.717) is 5.56 Å². The summed E-state index contributed by atoms with van der Waals surface area (Å²) >= 11 is 3.45. The molecule has 1 nitrogen and oxygen atoms in total. The normalized spacial score (nSPS) is 12.3. The fraction of sp³-hybridized carbons (Fsp3) is 0.250. The molecule has 0 aliphatic heterocycles. The van der Waals surface area contributed by atoms with Crippen LogP contribution in [0.3, 0.4) is 0 Å². The molecule has 2 aromatic rings. The van der Waals surface area contributed by atoms with Gasteiger partial charge < -0.3 is 5.32 Å². The number of benzene rings is 2. The van der Waals surface area contributed by atoms with Crippen LogP contribution in [0.4, 0.5) is 14.5 Å². The lowest BCUT2D eigenvalue weighted by Gasteiger charge is -2.20. The Bertz CT molecular complexity index is 597. The summed E-state index contributed by atoms with van der Waals surface area (Å²) in [7, 11) is 0. The zero-order chi connectivity index (χ0) is 14.9. The van der Waals surface area contributed by atoms with Gasteiger partial charge in [0, 0.05) is 22.3 Å². The Kier molecular flexibility index (Phi) is 4.43. The lowest BCUT2D eigenvalue weighted by atomic mass is 10.0. The molecular weight excluding hydrogens is 324 g/mol. The summed E-state index contributed by atoms with van der Waals surface area (Å²) in [4.78, 5) is 0. The first-order valence-corrected chi connectivity index (χ1v) is 7.15. The second-order valence-electron chi connectivity index (χ2n) is 4.98. The second kappa shape index (κ2) is 5.92. The zero-order valence-corrected chi connectivity index (χ0v) is 13.2. The van der Waals surface area contributed by atoms with Crippen LogP contribution in [0.1, 0.15) is 29.7 Å². The van der Waals surface area contributed by atoms with Crippen molar-refractivity contribution in [3.63, 3.8) is 0 Å². The van der Waals surface area contributed by atoms with Crippen LogP contribution in [0.5, 0.6) is 0 Å². The third kappa shape index (κ3) is 3.37. The van der Waals surface area contributed by atoms with Crippen molar-refractivity contribution in [3.05, 3.63) is 63.1 Å². The molecule has 0 spiro atoms. The lowest BCUT2D eigenvalue weighted by molar-refractivity contribution is 0.577. The number of halogens is 3. The molecule has 0 fully saturated rings. The van der Waals surface area contributed by atoms with Gasteiger partial charge >= 0.3 is 0 Å². The van der Waals surface area contributed by atoms with Crippen LogP contribution in [-0.4, -0.2) is 0 Å². The smallest absolute Gasteiger partial charge is 0.126 e. The molecule has 1 N–H and O–H groups in total. The van der Waals surface area contributed by atoms with E-state index >= 15 is 0 Å². The maximum Gasteiger partial charge on any atom is 0.126 e. The molecule has 0 amide bonds. The molecule has 0 aliphatic rings. The van der Waals surface area contributed by atoms with Gasteiger partial charge in [-0.15, -0.1) is 0 Å². The van der Waals surface area contributed by atoms with Gasteiger partial charge in [-0.2, -0.15) is 0 Å². The Morgan fingerprint density at radius 3 is 1.95 bits per heavy atom. The first-order chi connectivity index (χ1) is 9.36. The van der Waals surface area contributed by atoms with E-state index in [1.165, 1.54) is 12.1 Å². The first-order valence-electron chi connectivity index (χ1n) is 6.36. The predicted molar refractivity (Wildman–Crippen MR) is 82.0 cm³/mol. The molecule has 0 saturated carbocycles. The van der Waals surface area contributed by atoms with Crippen molar-refractivity contribution in [2.75, 3.05) is 5.32 Å². The van der Waals surface area contributed by atoms with Gasteiger partial charge in [0.25, 0.3) is 0 Å². The van der Waals surface area contributed by atoms with Gasteiger partial charge in [-0.3, -0.25) is 0 Å². The van der Waals surface area contributed by atoms with Gasteiger partial charge in [-0.05, 0) is 61.7 Å². The van der Waals surface area contributed by atoms with Crippen LogP contribution < -0.4 is 5.32 Å². The standard InChI is InChI=1S/C16H16BrF2N/c1-9-4-13(17)5-10(2)16(9)20-11(3)12-6-14(18)8-15(19)7-12/h4-8,11,20H,1-3H3. The van der Waals surface area contributed by atoms with Crippen LogP contribution in [0, 0.1) is 25.5 Å². The lowest BCUT2D eigenvalue weighted by Crippen LogP contribution is -2.09. The Labute approximate surface area is 126 Å². The zero-order valence-electron chi connectivity index (χ0n) is 11.6. The van der Waals surface area contributed by atoms with Crippen LogP contribution in [0.2, 0.25) is 0 Å². The largest absolute Gasteiger partial charge is 0.378 e. The van der Waals surface area contributed by atoms with Gasteiger partial charge in [0.15, 0.2) is 0 Å². The number of anilines is 1. The summed E-state index contributed by atoms with van der Waals surface area (Å²) in [5, 5.41) is 3.32. The summed E-state index contributed by atoms with van der Waals surface area (Å²) in [6.07, 6.45) is 0. The van der Waals surface area contributed by atoms with Gasteiger partial charge in [-0.25, -0.2) is 8.78 Å². The minimum atomic E-state index is -0.557. The molecule has 1 atom stereocenters. The highest BCUT2D eigenvalue weighted by Gasteiger charge is 2.11. The molecular formula is C16H16BrF2N. The van der Waals surface area contributed by atoms with Crippen molar-refractivity contribution >= 4 is 21.6 Å². The third-order valence-electron chi connectivity index (χ3n) is 3.24. The monoisotopic (exact) mass is 339 g/mol. The van der Waals surface area contributed by atoms with Gasteiger partial charge in [0.2, 0.25) is 0 Å². The fourth-order valence-corrected chi connectivity index (χ4v) is 2.95. The molecule has 0 bridgehead atoms. The number of rotatable bonds is 3. The van der Waals surface area contributed by atoms with E-state index in [9.17, 15) is 8.78 Å². The Hall–Kier alpha value is -1.42. The minimum absolute atomic E-state index is 0.182. The van der Waals surface area contributed by atoms with Crippen LogP contribution in [0.25, 0.3) is 0 Å². The van der Waals surface area contributed by atoms with E-state index in [2.05, 4.69) is 21.2 Å². The molecule has 2 aromatic carbocycles. The Balaban J connectivity index is 2.30. The maximum atomic E-state index is 13.3. The van der Waals surface area contributed by atoms with Crippen molar-refractivity contribution in [2.24, 2.45) is 0 Å². The molecule has 4 heteroatoms. The van der Waals surface area contributed by atoms with Crippen LogP contribution in [0.15, 0.2) is 34.8 Å². The number of hydrogen-bond acceptors (Lipinski definition) is 1. The van der Waals surface area contributed by atoms with Gasteiger partial charge in [0.1, 0.15) is 11.6 Å². The number of hydrogen-bond donors (Lipinski definition) is 1. The number of nitrogens with one attached hydrogen (secondary N) is 1. The van der Waals surface area contributed by atoms with E-state index in [4.69, 9.17) is 0 Å². The van der Waals surface area contributed by atoms with Crippen molar-refractivity contribution in [1.82, 2.24) is 0 Å². The highest BCUT2D eigenvalue weighted by molar-refractivity contribution is 9.10. The summed E-state index contributed by atoms with van der Waals surface area (Å²) in [6, 6.07) is 7.42. The second-order valence-corrected chi connectivity index (χ2v) is 5.90. The summed E-state index contributed by atoms with van der Waals surface area (Å²) in [5.41, 5.74) is 3.75. The van der Waals surface area contributed by atoms with Gasteiger partial charge in [0.05, 0.1) is 0 Å². The van der Waals surface area contributed by atoms with E-state index < -0.39 is 11.6 Å². The average molecular weight is 340 g/mol. The molecule has 2 rings (SSSR count). The molecule has 0 saturated heterocycles.